The number of carbonyl (C=O) groups is 6. The highest BCUT2D eigenvalue weighted by Gasteiger charge is 2.32. The minimum Gasteiger partial charge on any atom is -0.481 e. The predicted octanol–water partition coefficient (Wildman–Crippen LogP) is -0.721. The summed E-state index contributed by atoms with van der Waals surface area (Å²) in [5.74, 6) is -6.86. The van der Waals surface area contributed by atoms with Crippen molar-refractivity contribution in [1.82, 2.24) is 20.9 Å². The molecule has 1 heterocycles. The molecular formula is C24H31N5O9S. The van der Waals surface area contributed by atoms with Gasteiger partial charge in [-0.25, -0.2) is 4.79 Å². The van der Waals surface area contributed by atoms with Crippen LogP contribution >= 0.6 is 11.8 Å². The summed E-state index contributed by atoms with van der Waals surface area (Å²) < 4.78 is 0. The summed E-state index contributed by atoms with van der Waals surface area (Å²) in [6, 6.07) is 1.16. The molecule has 0 aliphatic rings. The van der Waals surface area contributed by atoms with Gasteiger partial charge in [-0.1, -0.05) is 18.2 Å². The summed E-state index contributed by atoms with van der Waals surface area (Å²) in [6.07, 6.45) is 1.70. The molecule has 4 atom stereocenters. The second-order valence-corrected chi connectivity index (χ2v) is 9.65. The van der Waals surface area contributed by atoms with E-state index in [2.05, 4.69) is 20.9 Å². The fourth-order valence-corrected chi connectivity index (χ4v) is 4.18. The van der Waals surface area contributed by atoms with Gasteiger partial charge in [0.2, 0.25) is 17.7 Å². The molecule has 0 aliphatic carbocycles. The van der Waals surface area contributed by atoms with Crippen molar-refractivity contribution in [2.75, 3.05) is 12.0 Å². The van der Waals surface area contributed by atoms with Gasteiger partial charge in [-0.3, -0.25) is 24.0 Å². The van der Waals surface area contributed by atoms with Crippen molar-refractivity contribution >= 4 is 58.3 Å². The van der Waals surface area contributed by atoms with Gasteiger partial charge in [0.05, 0.1) is 18.9 Å². The van der Waals surface area contributed by atoms with E-state index in [1.807, 2.05) is 0 Å². The number of rotatable bonds is 16. The second-order valence-electron chi connectivity index (χ2n) is 8.67. The number of fused-ring (bicyclic) bond motifs is 1. The zero-order valence-electron chi connectivity index (χ0n) is 21.0. The number of carbonyl (C=O) groups excluding carboxylic acids is 3. The van der Waals surface area contributed by atoms with Gasteiger partial charge in [0.1, 0.15) is 18.1 Å². The highest BCUT2D eigenvalue weighted by Crippen LogP contribution is 2.19. The Bertz CT molecular complexity index is 1220. The quantitative estimate of drug-likeness (QED) is 0.126. The summed E-state index contributed by atoms with van der Waals surface area (Å²) in [6.45, 7) is 0. The van der Waals surface area contributed by atoms with E-state index in [9.17, 15) is 44.1 Å². The van der Waals surface area contributed by atoms with Crippen LogP contribution in [-0.2, 0) is 35.2 Å². The number of aromatic amines is 1. The molecule has 3 amide bonds. The number of nitrogens with two attached hydrogens (primary N) is 1. The first-order chi connectivity index (χ1) is 18.4. The lowest BCUT2D eigenvalue weighted by atomic mass is 10.0. The van der Waals surface area contributed by atoms with Crippen LogP contribution in [0.25, 0.3) is 10.9 Å². The van der Waals surface area contributed by atoms with Gasteiger partial charge in [0.15, 0.2) is 0 Å². The van der Waals surface area contributed by atoms with Crippen molar-refractivity contribution < 1.29 is 44.1 Å². The summed E-state index contributed by atoms with van der Waals surface area (Å²) in [4.78, 5) is 75.7. The number of hydrogen-bond acceptors (Lipinski definition) is 8. The van der Waals surface area contributed by atoms with E-state index in [0.29, 0.717) is 11.3 Å². The van der Waals surface area contributed by atoms with E-state index in [0.717, 1.165) is 10.9 Å². The Morgan fingerprint density at radius 3 is 1.95 bits per heavy atom. The maximum Gasteiger partial charge on any atom is 0.326 e. The van der Waals surface area contributed by atoms with Gasteiger partial charge < -0.3 is 42.0 Å². The normalized spacial score (nSPS) is 14.0. The number of carboxylic acid groups (broad SMARTS) is 3. The van der Waals surface area contributed by atoms with Crippen molar-refractivity contribution in [2.24, 2.45) is 5.73 Å². The van der Waals surface area contributed by atoms with Crippen LogP contribution in [0.4, 0.5) is 0 Å². The highest BCUT2D eigenvalue weighted by atomic mass is 32.2. The van der Waals surface area contributed by atoms with E-state index in [1.54, 1.807) is 36.7 Å². The molecule has 212 valence electrons. The largest absolute Gasteiger partial charge is 0.481 e. The van der Waals surface area contributed by atoms with E-state index < -0.39 is 72.6 Å². The number of benzene rings is 1. The summed E-state index contributed by atoms with van der Waals surface area (Å²) >= 11 is 1.43. The molecule has 0 saturated heterocycles. The van der Waals surface area contributed by atoms with Gasteiger partial charge in [0.25, 0.3) is 0 Å². The number of para-hydroxylation sites is 1. The maximum atomic E-state index is 12.9. The molecule has 4 unspecified atom stereocenters. The molecule has 14 nitrogen and oxygen atoms in total. The molecule has 0 bridgehead atoms. The zero-order chi connectivity index (χ0) is 29.1. The van der Waals surface area contributed by atoms with Gasteiger partial charge in [0, 0.05) is 23.5 Å². The Morgan fingerprint density at radius 2 is 1.41 bits per heavy atom. The van der Waals surface area contributed by atoms with Crippen LogP contribution in [-0.4, -0.2) is 92.1 Å². The standard InChI is InChI=1S/C24H31N5O9S/c1-39-7-6-14(25)21(34)27-16(9-19(30)31)22(35)28-17(10-20(32)33)23(36)29-18(24(37)38)8-12-11-26-15-5-3-2-4-13(12)15/h2-5,11,14,16-18,26H,6-10,25H2,1H3,(H,27,34)(H,28,35)(H,29,36)(H,30,31)(H,32,33)(H,37,38). The molecule has 39 heavy (non-hydrogen) atoms. The van der Waals surface area contributed by atoms with Crippen molar-refractivity contribution in [3.63, 3.8) is 0 Å². The van der Waals surface area contributed by atoms with Crippen LogP contribution < -0.4 is 21.7 Å². The molecule has 1 aromatic carbocycles. The molecule has 0 saturated carbocycles. The Hall–Kier alpha value is -4.11. The number of hydrogen-bond donors (Lipinski definition) is 8. The average Bonchev–Trinajstić information content (AvgIpc) is 3.28. The maximum absolute atomic E-state index is 12.9. The smallest absolute Gasteiger partial charge is 0.326 e. The first-order valence-electron chi connectivity index (χ1n) is 11.8. The Labute approximate surface area is 227 Å². The highest BCUT2D eigenvalue weighted by molar-refractivity contribution is 7.98. The number of carboxylic acids is 3. The number of H-pyrrole nitrogens is 1. The van der Waals surface area contributed by atoms with Gasteiger partial charge in [-0.2, -0.15) is 11.8 Å². The van der Waals surface area contributed by atoms with E-state index in [1.165, 1.54) is 11.8 Å². The van der Waals surface area contributed by atoms with Gasteiger partial charge in [-0.15, -0.1) is 0 Å². The van der Waals surface area contributed by atoms with Crippen molar-refractivity contribution in [2.45, 2.75) is 49.9 Å². The summed E-state index contributed by atoms with van der Waals surface area (Å²) in [5.41, 5.74) is 7.10. The molecule has 0 spiro atoms. The third kappa shape index (κ3) is 9.61. The van der Waals surface area contributed by atoms with Crippen LogP contribution in [0, 0.1) is 0 Å². The number of thioether (sulfide) groups is 1. The third-order valence-corrected chi connectivity index (χ3v) is 6.35. The van der Waals surface area contributed by atoms with E-state index in [-0.39, 0.29) is 12.8 Å². The summed E-state index contributed by atoms with van der Waals surface area (Å²) in [5, 5.41) is 35.4. The second kappa shape index (κ2) is 14.7. The zero-order valence-corrected chi connectivity index (χ0v) is 21.8. The Kier molecular flexibility index (Phi) is 11.7. The first-order valence-corrected chi connectivity index (χ1v) is 13.2. The third-order valence-electron chi connectivity index (χ3n) is 5.71. The van der Waals surface area contributed by atoms with Crippen molar-refractivity contribution in [1.29, 1.82) is 0 Å². The number of aromatic nitrogens is 1. The van der Waals surface area contributed by atoms with Crippen molar-refractivity contribution in [3.05, 3.63) is 36.0 Å². The lowest BCUT2D eigenvalue weighted by molar-refractivity contribution is -0.145. The molecule has 15 heteroatoms. The minimum absolute atomic E-state index is 0.148. The molecule has 0 radical (unpaired) electrons. The molecule has 0 fully saturated rings. The first kappa shape index (κ1) is 31.1. The van der Waals surface area contributed by atoms with Crippen LogP contribution in [0.3, 0.4) is 0 Å². The van der Waals surface area contributed by atoms with Gasteiger partial charge >= 0.3 is 17.9 Å². The predicted molar refractivity (Wildman–Crippen MR) is 141 cm³/mol. The Balaban J connectivity index is 2.17. The van der Waals surface area contributed by atoms with Crippen LogP contribution in [0.1, 0.15) is 24.8 Å². The minimum atomic E-state index is -1.77. The number of aliphatic carboxylic acids is 3. The molecule has 0 aliphatic heterocycles. The lowest BCUT2D eigenvalue weighted by Crippen LogP contribution is -2.58. The number of amides is 3. The van der Waals surface area contributed by atoms with Gasteiger partial charge in [-0.05, 0) is 30.1 Å². The lowest BCUT2D eigenvalue weighted by Gasteiger charge is -2.24. The fraction of sp³-hybridized carbons (Fsp3) is 0.417. The molecular weight excluding hydrogens is 534 g/mol. The molecule has 2 rings (SSSR count). The van der Waals surface area contributed by atoms with E-state index >= 15 is 0 Å². The van der Waals surface area contributed by atoms with Crippen LogP contribution in [0.5, 0.6) is 0 Å². The molecule has 2 aromatic rings. The molecule has 1 aromatic heterocycles. The molecule has 9 N–H and O–H groups in total. The topological polar surface area (TPSA) is 241 Å². The van der Waals surface area contributed by atoms with Crippen LogP contribution in [0.15, 0.2) is 30.5 Å². The monoisotopic (exact) mass is 565 g/mol. The number of nitrogens with one attached hydrogen (secondary N) is 4. The SMILES string of the molecule is CSCCC(N)C(=O)NC(CC(=O)O)C(=O)NC(CC(=O)O)C(=O)NC(Cc1c[nH]c2ccccc12)C(=O)O. The fourth-order valence-electron chi connectivity index (χ4n) is 3.69. The van der Waals surface area contributed by atoms with E-state index in [4.69, 9.17) is 5.73 Å². The average molecular weight is 566 g/mol. The summed E-state index contributed by atoms with van der Waals surface area (Å²) in [7, 11) is 0. The van der Waals surface area contributed by atoms with Crippen molar-refractivity contribution in [3.8, 4) is 0 Å². The van der Waals surface area contributed by atoms with Crippen LogP contribution in [0.2, 0.25) is 0 Å². The Morgan fingerprint density at radius 1 is 0.872 bits per heavy atom.